The summed E-state index contributed by atoms with van der Waals surface area (Å²) < 4.78 is 11.0. The molecule has 1 aromatic rings. The maximum atomic E-state index is 10.9. The highest BCUT2D eigenvalue weighted by Crippen LogP contribution is 2.26. The average molecular weight is 280 g/mol. The first-order chi connectivity index (χ1) is 9.69. The van der Waals surface area contributed by atoms with Gasteiger partial charge in [0.25, 0.3) is 5.69 Å². The van der Waals surface area contributed by atoms with E-state index in [2.05, 4.69) is 5.32 Å². The van der Waals surface area contributed by atoms with E-state index in [1.807, 2.05) is 6.92 Å². The van der Waals surface area contributed by atoms with Gasteiger partial charge in [0.2, 0.25) is 0 Å². The van der Waals surface area contributed by atoms with Crippen LogP contribution in [-0.2, 0) is 4.74 Å². The van der Waals surface area contributed by atoms with Crippen molar-refractivity contribution in [2.24, 2.45) is 0 Å². The van der Waals surface area contributed by atoms with Crippen molar-refractivity contribution in [3.63, 3.8) is 0 Å². The van der Waals surface area contributed by atoms with Gasteiger partial charge in [0, 0.05) is 31.0 Å². The molecule has 1 N–H and O–H groups in total. The molecule has 1 heterocycles. The fraction of sp³-hybridized carbons (Fsp3) is 0.571. The number of rotatable bonds is 7. The van der Waals surface area contributed by atoms with Crippen LogP contribution < -0.4 is 10.1 Å². The molecule has 20 heavy (non-hydrogen) atoms. The van der Waals surface area contributed by atoms with Crippen LogP contribution >= 0.6 is 0 Å². The molecule has 0 aromatic heterocycles. The Kier molecular flexibility index (Phi) is 5.17. The van der Waals surface area contributed by atoms with Gasteiger partial charge in [-0.25, -0.2) is 0 Å². The molecule has 0 aliphatic carbocycles. The molecule has 0 saturated carbocycles. The number of anilines is 1. The van der Waals surface area contributed by atoms with E-state index in [0.717, 1.165) is 25.9 Å². The highest BCUT2D eigenvalue weighted by atomic mass is 16.6. The maximum Gasteiger partial charge on any atom is 0.275 e. The van der Waals surface area contributed by atoms with Crippen LogP contribution in [0.1, 0.15) is 26.2 Å². The quantitative estimate of drug-likeness (QED) is 0.614. The molecular formula is C14H20N2O4. The van der Waals surface area contributed by atoms with Crippen LogP contribution in [0.5, 0.6) is 5.75 Å². The van der Waals surface area contributed by atoms with Crippen molar-refractivity contribution in [2.45, 2.75) is 32.3 Å². The SMILES string of the molecule is CCCOc1cc(NCC2CCCO2)cc([N+](=O)[O-])c1. The normalized spacial score (nSPS) is 17.9. The zero-order valence-corrected chi connectivity index (χ0v) is 11.6. The van der Waals surface area contributed by atoms with Crippen LogP contribution in [0.15, 0.2) is 18.2 Å². The zero-order valence-electron chi connectivity index (χ0n) is 11.6. The van der Waals surface area contributed by atoms with Crippen molar-refractivity contribution in [1.82, 2.24) is 0 Å². The van der Waals surface area contributed by atoms with Crippen LogP contribution in [0.4, 0.5) is 11.4 Å². The minimum atomic E-state index is -0.407. The Bertz CT molecular complexity index is 458. The van der Waals surface area contributed by atoms with Crippen molar-refractivity contribution in [2.75, 3.05) is 25.1 Å². The first-order valence-electron chi connectivity index (χ1n) is 6.97. The third-order valence-electron chi connectivity index (χ3n) is 3.13. The van der Waals surface area contributed by atoms with Crippen LogP contribution in [0, 0.1) is 10.1 Å². The maximum absolute atomic E-state index is 10.9. The Hall–Kier alpha value is -1.82. The number of nitro groups is 1. The minimum Gasteiger partial charge on any atom is -0.493 e. The molecule has 6 nitrogen and oxygen atoms in total. The van der Waals surface area contributed by atoms with E-state index in [4.69, 9.17) is 9.47 Å². The predicted octanol–water partition coefficient (Wildman–Crippen LogP) is 2.97. The second-order valence-corrected chi connectivity index (χ2v) is 4.84. The van der Waals surface area contributed by atoms with Gasteiger partial charge in [-0.05, 0) is 19.3 Å². The van der Waals surface area contributed by atoms with Gasteiger partial charge >= 0.3 is 0 Å². The molecule has 6 heteroatoms. The Morgan fingerprint density at radius 1 is 1.50 bits per heavy atom. The lowest BCUT2D eigenvalue weighted by Crippen LogP contribution is -2.18. The molecule has 1 aromatic carbocycles. The number of non-ortho nitro benzene ring substituents is 1. The number of hydrogen-bond acceptors (Lipinski definition) is 5. The lowest BCUT2D eigenvalue weighted by molar-refractivity contribution is -0.384. The Balaban J connectivity index is 2.04. The zero-order chi connectivity index (χ0) is 14.4. The summed E-state index contributed by atoms with van der Waals surface area (Å²) in [5.41, 5.74) is 0.731. The summed E-state index contributed by atoms with van der Waals surface area (Å²) in [6, 6.07) is 4.76. The number of nitro benzene ring substituents is 1. The summed E-state index contributed by atoms with van der Waals surface area (Å²) in [6.07, 6.45) is 3.16. The summed E-state index contributed by atoms with van der Waals surface area (Å²) in [4.78, 5) is 10.5. The lowest BCUT2D eigenvalue weighted by Gasteiger charge is -2.13. The van der Waals surface area contributed by atoms with Gasteiger partial charge in [-0.2, -0.15) is 0 Å². The van der Waals surface area contributed by atoms with Gasteiger partial charge in [0.05, 0.1) is 23.7 Å². The summed E-state index contributed by atoms with van der Waals surface area (Å²) in [6.45, 7) is 4.00. The highest BCUT2D eigenvalue weighted by Gasteiger charge is 2.16. The van der Waals surface area contributed by atoms with Gasteiger partial charge in [-0.3, -0.25) is 10.1 Å². The summed E-state index contributed by atoms with van der Waals surface area (Å²) in [5.74, 6) is 0.524. The van der Waals surface area contributed by atoms with Crippen molar-refractivity contribution < 1.29 is 14.4 Å². The van der Waals surface area contributed by atoms with E-state index < -0.39 is 4.92 Å². The fourth-order valence-electron chi connectivity index (χ4n) is 2.13. The molecule has 110 valence electrons. The van der Waals surface area contributed by atoms with E-state index in [9.17, 15) is 10.1 Å². The standard InChI is InChI=1S/C14H20N2O4/c1-2-5-19-14-8-11(7-12(9-14)16(17)18)15-10-13-4-3-6-20-13/h7-9,13,15H,2-6,10H2,1H3. The third-order valence-corrected chi connectivity index (χ3v) is 3.13. The number of nitrogens with one attached hydrogen (secondary N) is 1. The summed E-state index contributed by atoms with van der Waals surface area (Å²) in [7, 11) is 0. The molecule has 1 atom stereocenters. The molecule has 1 unspecified atom stereocenters. The van der Waals surface area contributed by atoms with E-state index in [-0.39, 0.29) is 11.8 Å². The minimum absolute atomic E-state index is 0.0356. The molecule has 0 radical (unpaired) electrons. The summed E-state index contributed by atoms with van der Waals surface area (Å²) >= 11 is 0. The van der Waals surface area contributed by atoms with Gasteiger partial charge in [0.15, 0.2) is 0 Å². The molecule has 2 rings (SSSR count). The van der Waals surface area contributed by atoms with E-state index >= 15 is 0 Å². The molecule has 1 aliphatic rings. The van der Waals surface area contributed by atoms with Crippen molar-refractivity contribution in [3.05, 3.63) is 28.3 Å². The predicted molar refractivity (Wildman–Crippen MR) is 76.3 cm³/mol. The number of nitrogens with zero attached hydrogens (tertiary/aromatic N) is 1. The van der Waals surface area contributed by atoms with Crippen molar-refractivity contribution in [3.8, 4) is 5.75 Å². The second kappa shape index (κ2) is 7.09. The Morgan fingerprint density at radius 3 is 3.00 bits per heavy atom. The van der Waals surface area contributed by atoms with Crippen molar-refractivity contribution in [1.29, 1.82) is 0 Å². The lowest BCUT2D eigenvalue weighted by atomic mass is 10.2. The smallest absolute Gasteiger partial charge is 0.275 e. The first-order valence-corrected chi connectivity index (χ1v) is 6.97. The summed E-state index contributed by atoms with van der Waals surface area (Å²) in [5, 5.41) is 14.1. The van der Waals surface area contributed by atoms with E-state index in [0.29, 0.717) is 24.6 Å². The first kappa shape index (κ1) is 14.6. The van der Waals surface area contributed by atoms with E-state index in [1.54, 1.807) is 6.07 Å². The van der Waals surface area contributed by atoms with Gasteiger partial charge in [0.1, 0.15) is 5.75 Å². The number of hydrogen-bond donors (Lipinski definition) is 1. The molecule has 0 bridgehead atoms. The molecule has 1 saturated heterocycles. The fourth-order valence-corrected chi connectivity index (χ4v) is 2.13. The van der Waals surface area contributed by atoms with Crippen LogP contribution in [0.3, 0.4) is 0 Å². The molecule has 1 fully saturated rings. The van der Waals surface area contributed by atoms with E-state index in [1.165, 1.54) is 12.1 Å². The molecule has 0 amide bonds. The topological polar surface area (TPSA) is 73.6 Å². The number of ether oxygens (including phenoxy) is 2. The van der Waals surface area contributed by atoms with Gasteiger partial charge in [-0.15, -0.1) is 0 Å². The van der Waals surface area contributed by atoms with Crippen LogP contribution in [0.2, 0.25) is 0 Å². The van der Waals surface area contributed by atoms with Gasteiger partial charge in [-0.1, -0.05) is 6.92 Å². The monoisotopic (exact) mass is 280 g/mol. The van der Waals surface area contributed by atoms with Crippen LogP contribution in [0.25, 0.3) is 0 Å². The Morgan fingerprint density at radius 2 is 2.35 bits per heavy atom. The Labute approximate surface area is 118 Å². The molecular weight excluding hydrogens is 260 g/mol. The van der Waals surface area contributed by atoms with Gasteiger partial charge < -0.3 is 14.8 Å². The third kappa shape index (κ3) is 4.09. The average Bonchev–Trinajstić information content (AvgIpc) is 2.96. The number of benzene rings is 1. The molecule has 1 aliphatic heterocycles. The highest BCUT2D eigenvalue weighted by molar-refractivity contribution is 5.56. The van der Waals surface area contributed by atoms with Crippen molar-refractivity contribution >= 4 is 11.4 Å². The van der Waals surface area contributed by atoms with Crippen LogP contribution in [-0.4, -0.2) is 30.8 Å². The second-order valence-electron chi connectivity index (χ2n) is 4.84. The molecule has 0 spiro atoms. The largest absolute Gasteiger partial charge is 0.493 e.